The summed E-state index contributed by atoms with van der Waals surface area (Å²) in [4.78, 5) is 18.3. The van der Waals surface area contributed by atoms with Crippen molar-refractivity contribution >= 4 is 12.1 Å². The second-order valence-electron chi connectivity index (χ2n) is 7.87. The van der Waals surface area contributed by atoms with E-state index in [1.54, 1.807) is 7.05 Å². The van der Waals surface area contributed by atoms with Crippen LogP contribution in [0.15, 0.2) is 35.3 Å². The molecule has 0 bridgehead atoms. The van der Waals surface area contributed by atoms with Crippen molar-refractivity contribution in [3.63, 3.8) is 0 Å². The molecule has 2 rings (SSSR count). The number of para-hydroxylation sites is 1. The van der Waals surface area contributed by atoms with Gasteiger partial charge in [0, 0.05) is 46.1 Å². The van der Waals surface area contributed by atoms with E-state index in [1.807, 2.05) is 51.1 Å². The van der Waals surface area contributed by atoms with Gasteiger partial charge in [-0.05, 0) is 39.3 Å². The van der Waals surface area contributed by atoms with Gasteiger partial charge in [0.15, 0.2) is 5.96 Å². The molecule has 1 amide bonds. The van der Waals surface area contributed by atoms with Crippen molar-refractivity contribution in [1.29, 1.82) is 0 Å². The summed E-state index contributed by atoms with van der Waals surface area (Å²) in [6.45, 7) is 8.68. The highest BCUT2D eigenvalue weighted by atomic mass is 16.6. The normalized spacial score (nSPS) is 15.9. The minimum absolute atomic E-state index is 0.245. The molecule has 0 atom stereocenters. The molecule has 0 saturated carbocycles. The Balaban J connectivity index is 1.63. The van der Waals surface area contributed by atoms with Crippen molar-refractivity contribution < 1.29 is 14.3 Å². The second-order valence-corrected chi connectivity index (χ2v) is 7.87. The highest BCUT2D eigenvalue weighted by Gasteiger charge is 2.22. The third kappa shape index (κ3) is 8.06. The number of carbonyl (C=O) groups excluding carboxylic acids is 1. The van der Waals surface area contributed by atoms with Gasteiger partial charge in [-0.3, -0.25) is 4.99 Å². The van der Waals surface area contributed by atoms with E-state index >= 15 is 0 Å². The summed E-state index contributed by atoms with van der Waals surface area (Å²) in [6, 6.07) is 9.98. The van der Waals surface area contributed by atoms with Crippen molar-refractivity contribution in [2.45, 2.75) is 51.7 Å². The summed E-state index contributed by atoms with van der Waals surface area (Å²) >= 11 is 0. The fraction of sp³-hybridized carbons (Fsp3) is 0.619. The van der Waals surface area contributed by atoms with Crippen LogP contribution in [-0.4, -0.2) is 61.9 Å². The molecule has 1 aliphatic rings. The Morgan fingerprint density at radius 2 is 1.79 bits per heavy atom. The zero-order valence-corrected chi connectivity index (χ0v) is 17.5. The summed E-state index contributed by atoms with van der Waals surface area (Å²) in [5, 5.41) is 6.14. The van der Waals surface area contributed by atoms with E-state index in [2.05, 4.69) is 20.5 Å². The zero-order chi connectivity index (χ0) is 20.4. The van der Waals surface area contributed by atoms with Gasteiger partial charge in [-0.15, -0.1) is 0 Å². The molecule has 0 aromatic heterocycles. The van der Waals surface area contributed by atoms with Crippen LogP contribution in [0.25, 0.3) is 0 Å². The molecule has 0 spiro atoms. The number of ether oxygens (including phenoxy) is 2. The van der Waals surface area contributed by atoms with E-state index in [-0.39, 0.29) is 12.2 Å². The van der Waals surface area contributed by atoms with Crippen LogP contribution in [0, 0.1) is 0 Å². The van der Waals surface area contributed by atoms with Gasteiger partial charge in [-0.2, -0.15) is 0 Å². The van der Waals surface area contributed by atoms with E-state index in [0.717, 1.165) is 50.6 Å². The van der Waals surface area contributed by atoms with Crippen LogP contribution in [0.3, 0.4) is 0 Å². The molecule has 0 radical (unpaired) electrons. The lowest BCUT2D eigenvalue weighted by Gasteiger charge is -2.34. The van der Waals surface area contributed by atoms with Crippen LogP contribution in [0.1, 0.15) is 40.0 Å². The fourth-order valence-electron chi connectivity index (χ4n) is 3.00. The minimum atomic E-state index is -0.472. The highest BCUT2D eigenvalue weighted by molar-refractivity contribution is 5.79. The summed E-state index contributed by atoms with van der Waals surface area (Å²) in [5.41, 5.74) is -0.472. The molecular formula is C21H34N4O3. The number of nitrogens with zero attached hydrogens (tertiary/aromatic N) is 2. The fourth-order valence-corrected chi connectivity index (χ4v) is 3.00. The van der Waals surface area contributed by atoms with Gasteiger partial charge in [-0.1, -0.05) is 18.2 Å². The molecule has 2 N–H and O–H groups in total. The van der Waals surface area contributed by atoms with Crippen LogP contribution in [-0.2, 0) is 4.74 Å². The molecular weight excluding hydrogens is 356 g/mol. The van der Waals surface area contributed by atoms with Gasteiger partial charge in [0.25, 0.3) is 0 Å². The van der Waals surface area contributed by atoms with Gasteiger partial charge in [-0.25, -0.2) is 4.79 Å². The molecule has 28 heavy (non-hydrogen) atoms. The maximum Gasteiger partial charge on any atom is 0.407 e. The minimum Gasteiger partial charge on any atom is -0.490 e. The second kappa shape index (κ2) is 10.8. The number of rotatable bonds is 6. The number of nitrogens with one attached hydrogen (secondary N) is 2. The van der Waals surface area contributed by atoms with E-state index in [0.29, 0.717) is 6.54 Å². The SMILES string of the molecule is CN=C(NCCCNC(=O)OC(C)(C)C)N1CCC(Oc2ccccc2)CC1. The average Bonchev–Trinajstić information content (AvgIpc) is 2.65. The number of alkyl carbamates (subject to hydrolysis) is 1. The first kappa shape index (κ1) is 21.9. The highest BCUT2D eigenvalue weighted by Crippen LogP contribution is 2.18. The van der Waals surface area contributed by atoms with Crippen molar-refractivity contribution in [2.24, 2.45) is 4.99 Å². The van der Waals surface area contributed by atoms with Crippen molar-refractivity contribution in [1.82, 2.24) is 15.5 Å². The Morgan fingerprint density at radius 1 is 1.14 bits per heavy atom. The molecule has 7 nitrogen and oxygen atoms in total. The number of benzene rings is 1. The zero-order valence-electron chi connectivity index (χ0n) is 17.5. The first-order chi connectivity index (χ1) is 13.4. The molecule has 7 heteroatoms. The van der Waals surface area contributed by atoms with Crippen molar-refractivity contribution in [3.8, 4) is 5.75 Å². The summed E-state index contributed by atoms with van der Waals surface area (Å²) in [5.74, 6) is 1.83. The van der Waals surface area contributed by atoms with Gasteiger partial charge < -0.3 is 25.0 Å². The number of hydrogen-bond donors (Lipinski definition) is 2. The predicted molar refractivity (Wildman–Crippen MR) is 112 cm³/mol. The maximum atomic E-state index is 11.6. The molecule has 1 saturated heterocycles. The number of amides is 1. The average molecular weight is 391 g/mol. The van der Waals surface area contributed by atoms with Crippen LogP contribution in [0.5, 0.6) is 5.75 Å². The Labute approximate surface area is 168 Å². The number of aliphatic imine (C=N–C) groups is 1. The third-order valence-corrected chi connectivity index (χ3v) is 4.30. The molecule has 0 unspecified atom stereocenters. The number of carbonyl (C=O) groups is 1. The summed E-state index contributed by atoms with van der Waals surface area (Å²) < 4.78 is 11.3. The molecule has 1 heterocycles. The van der Waals surface area contributed by atoms with Gasteiger partial charge in [0.1, 0.15) is 17.5 Å². The van der Waals surface area contributed by atoms with Crippen LogP contribution < -0.4 is 15.4 Å². The Hall–Kier alpha value is -2.44. The first-order valence-corrected chi connectivity index (χ1v) is 10.0. The number of guanidine groups is 1. The lowest BCUT2D eigenvalue weighted by atomic mass is 10.1. The lowest BCUT2D eigenvalue weighted by molar-refractivity contribution is 0.0527. The molecule has 1 aromatic carbocycles. The topological polar surface area (TPSA) is 75.2 Å². The van der Waals surface area contributed by atoms with E-state index in [1.165, 1.54) is 0 Å². The lowest BCUT2D eigenvalue weighted by Crippen LogP contribution is -2.48. The van der Waals surface area contributed by atoms with Crippen molar-refractivity contribution in [2.75, 3.05) is 33.2 Å². The summed E-state index contributed by atoms with van der Waals surface area (Å²) in [6.07, 6.45) is 2.60. The Kier molecular flexibility index (Phi) is 8.42. The predicted octanol–water partition coefficient (Wildman–Crippen LogP) is 3.02. The van der Waals surface area contributed by atoms with E-state index in [4.69, 9.17) is 9.47 Å². The molecule has 156 valence electrons. The van der Waals surface area contributed by atoms with Crippen molar-refractivity contribution in [3.05, 3.63) is 30.3 Å². The Morgan fingerprint density at radius 3 is 2.39 bits per heavy atom. The van der Waals surface area contributed by atoms with E-state index in [9.17, 15) is 4.79 Å². The molecule has 1 aromatic rings. The standard InChI is InChI=1S/C21H34N4O3/c1-21(2,3)28-20(26)24-14-8-13-23-19(22-4)25-15-11-18(12-16-25)27-17-9-6-5-7-10-17/h5-7,9-10,18H,8,11-16H2,1-4H3,(H,22,23)(H,24,26). The van der Waals surface area contributed by atoms with Crippen LogP contribution >= 0.6 is 0 Å². The number of likely N-dealkylation sites (tertiary alicyclic amines) is 1. The monoisotopic (exact) mass is 390 g/mol. The van der Waals surface area contributed by atoms with Crippen LogP contribution in [0.2, 0.25) is 0 Å². The largest absolute Gasteiger partial charge is 0.490 e. The van der Waals surface area contributed by atoms with Gasteiger partial charge >= 0.3 is 6.09 Å². The smallest absolute Gasteiger partial charge is 0.407 e. The van der Waals surface area contributed by atoms with E-state index < -0.39 is 5.60 Å². The quantitative estimate of drug-likeness (QED) is 0.444. The third-order valence-electron chi connectivity index (χ3n) is 4.30. The maximum absolute atomic E-state index is 11.6. The molecule has 0 aliphatic carbocycles. The number of piperidine rings is 1. The van der Waals surface area contributed by atoms with Gasteiger partial charge in [0.2, 0.25) is 0 Å². The summed E-state index contributed by atoms with van der Waals surface area (Å²) in [7, 11) is 1.80. The first-order valence-electron chi connectivity index (χ1n) is 10.0. The number of hydrogen-bond acceptors (Lipinski definition) is 4. The molecule has 1 aliphatic heterocycles. The van der Waals surface area contributed by atoms with Gasteiger partial charge in [0.05, 0.1) is 0 Å². The Bertz CT molecular complexity index is 620. The molecule has 1 fully saturated rings. The van der Waals surface area contributed by atoms with Crippen LogP contribution in [0.4, 0.5) is 4.79 Å².